The van der Waals surface area contributed by atoms with Gasteiger partial charge in [0.15, 0.2) is 0 Å². The molecule has 5 N–H and O–H groups in total. The average Bonchev–Trinajstić information content (AvgIpc) is 3.03. The van der Waals surface area contributed by atoms with Gasteiger partial charge in [-0.3, -0.25) is 9.59 Å². The van der Waals surface area contributed by atoms with Gasteiger partial charge in [0.05, 0.1) is 11.0 Å². The van der Waals surface area contributed by atoms with E-state index in [0.29, 0.717) is 41.4 Å². The SMILES string of the molecule is CNC(=O)C(CCC=O)NC=O.Cc1cc(N)cc2[nH]c(C(F)(F)F)nc12. The molecule has 2 amide bonds. The third-order valence-electron chi connectivity index (χ3n) is 3.47. The molecule has 2 rings (SSSR count). The van der Waals surface area contributed by atoms with Crippen LogP contribution in [0.4, 0.5) is 18.9 Å². The Bertz CT molecular complexity index is 804. The van der Waals surface area contributed by atoms with E-state index in [9.17, 15) is 27.6 Å². The minimum atomic E-state index is -4.46. The van der Waals surface area contributed by atoms with Crippen molar-refractivity contribution in [2.24, 2.45) is 0 Å². The molecule has 0 fully saturated rings. The number of nitrogens with one attached hydrogen (secondary N) is 3. The van der Waals surface area contributed by atoms with Crippen LogP contribution in [-0.4, -0.2) is 41.7 Å². The standard InChI is InChI=1S/C9H8F3N3.C7H12N2O3/c1-4-2-5(13)3-6-7(4)15-8(14-6)9(10,11)12;1-8-7(12)6(9-5-11)3-2-4-10/h2-3H,13H2,1H3,(H,14,15);4-6H,2-3H2,1H3,(H,8,12)(H,9,11). The van der Waals surface area contributed by atoms with Crippen LogP contribution in [0.2, 0.25) is 0 Å². The predicted molar refractivity (Wildman–Crippen MR) is 92.6 cm³/mol. The molecule has 1 aromatic heterocycles. The molecule has 0 saturated heterocycles. The fourth-order valence-electron chi connectivity index (χ4n) is 2.23. The number of aromatic amines is 1. The van der Waals surface area contributed by atoms with Gasteiger partial charge in [-0.15, -0.1) is 0 Å². The van der Waals surface area contributed by atoms with Crippen LogP contribution in [0.5, 0.6) is 0 Å². The second kappa shape index (κ2) is 9.55. The van der Waals surface area contributed by atoms with Crippen molar-refractivity contribution in [3.05, 3.63) is 23.5 Å². The topological polar surface area (TPSA) is 130 Å². The molecule has 0 radical (unpaired) electrons. The van der Waals surface area contributed by atoms with Crippen molar-refractivity contribution in [1.29, 1.82) is 0 Å². The van der Waals surface area contributed by atoms with E-state index in [4.69, 9.17) is 5.73 Å². The van der Waals surface area contributed by atoms with E-state index in [1.165, 1.54) is 13.1 Å². The number of H-pyrrole nitrogens is 1. The summed E-state index contributed by atoms with van der Waals surface area (Å²) in [6.07, 6.45) is -2.70. The largest absolute Gasteiger partial charge is 0.449 e. The molecule has 8 nitrogen and oxygen atoms in total. The van der Waals surface area contributed by atoms with E-state index in [2.05, 4.69) is 20.6 Å². The van der Waals surface area contributed by atoms with Gasteiger partial charge < -0.3 is 26.1 Å². The zero-order valence-electron chi connectivity index (χ0n) is 14.7. The Labute approximate surface area is 152 Å². The van der Waals surface area contributed by atoms with Crippen molar-refractivity contribution in [2.45, 2.75) is 32.0 Å². The van der Waals surface area contributed by atoms with E-state index < -0.39 is 18.0 Å². The van der Waals surface area contributed by atoms with Crippen LogP contribution in [-0.2, 0) is 20.6 Å². The number of nitrogens with two attached hydrogens (primary N) is 1. The monoisotopic (exact) mass is 387 g/mol. The number of imidazole rings is 1. The molecular weight excluding hydrogens is 367 g/mol. The van der Waals surface area contributed by atoms with Crippen molar-refractivity contribution < 1.29 is 27.6 Å². The fraction of sp³-hybridized carbons (Fsp3) is 0.375. The van der Waals surface area contributed by atoms with Crippen LogP contribution in [0.3, 0.4) is 0 Å². The number of hydrogen-bond acceptors (Lipinski definition) is 5. The highest BCUT2D eigenvalue weighted by molar-refractivity contribution is 5.83. The number of aldehydes is 1. The number of anilines is 1. The summed E-state index contributed by atoms with van der Waals surface area (Å²) < 4.78 is 37.0. The third-order valence-corrected chi connectivity index (χ3v) is 3.47. The van der Waals surface area contributed by atoms with E-state index >= 15 is 0 Å². The number of aromatic nitrogens is 2. The molecule has 148 valence electrons. The Morgan fingerprint density at radius 3 is 2.56 bits per heavy atom. The maximum atomic E-state index is 12.3. The molecule has 1 unspecified atom stereocenters. The molecule has 1 heterocycles. The minimum Gasteiger partial charge on any atom is -0.399 e. The molecule has 0 bridgehead atoms. The van der Waals surface area contributed by atoms with Crippen molar-refractivity contribution in [1.82, 2.24) is 20.6 Å². The van der Waals surface area contributed by atoms with Gasteiger partial charge in [0.1, 0.15) is 12.3 Å². The number of benzene rings is 1. The first-order valence-corrected chi connectivity index (χ1v) is 7.82. The second-order valence-corrected chi connectivity index (χ2v) is 5.51. The van der Waals surface area contributed by atoms with E-state index in [-0.39, 0.29) is 12.3 Å². The quantitative estimate of drug-likeness (QED) is 0.438. The van der Waals surface area contributed by atoms with Crippen molar-refractivity contribution >= 4 is 35.3 Å². The van der Waals surface area contributed by atoms with Crippen LogP contribution in [0.25, 0.3) is 11.0 Å². The lowest BCUT2D eigenvalue weighted by molar-refractivity contribution is -0.144. The number of nitrogen functional groups attached to an aromatic ring is 1. The van der Waals surface area contributed by atoms with Gasteiger partial charge in [-0.25, -0.2) is 4.98 Å². The van der Waals surface area contributed by atoms with Gasteiger partial charge in [0.25, 0.3) is 0 Å². The first kappa shape index (κ1) is 21.9. The molecule has 1 atom stereocenters. The number of aryl methyl sites for hydroxylation is 1. The number of fused-ring (bicyclic) bond motifs is 1. The summed E-state index contributed by atoms with van der Waals surface area (Å²) in [5.41, 5.74) is 7.16. The molecule has 0 saturated carbocycles. The van der Waals surface area contributed by atoms with Gasteiger partial charge in [-0.2, -0.15) is 13.2 Å². The van der Waals surface area contributed by atoms with Gasteiger partial charge >= 0.3 is 6.18 Å². The molecule has 0 aliphatic heterocycles. The number of halogens is 3. The molecular formula is C16H20F3N5O3. The maximum Gasteiger partial charge on any atom is 0.449 e. The highest BCUT2D eigenvalue weighted by Crippen LogP contribution is 2.30. The second-order valence-electron chi connectivity index (χ2n) is 5.51. The number of amides is 2. The number of carbonyl (C=O) groups is 3. The zero-order chi connectivity index (χ0) is 20.6. The molecule has 27 heavy (non-hydrogen) atoms. The molecule has 1 aromatic carbocycles. The number of alkyl halides is 3. The number of rotatable bonds is 6. The van der Waals surface area contributed by atoms with Gasteiger partial charge in [-0.05, 0) is 31.0 Å². The Morgan fingerprint density at radius 1 is 1.37 bits per heavy atom. The average molecular weight is 387 g/mol. The lowest BCUT2D eigenvalue weighted by atomic mass is 10.1. The Kier molecular flexibility index (Phi) is 7.76. The zero-order valence-corrected chi connectivity index (χ0v) is 14.7. The normalized spacial score (nSPS) is 11.9. The minimum absolute atomic E-state index is 0.263. The first-order valence-electron chi connectivity index (χ1n) is 7.82. The van der Waals surface area contributed by atoms with Crippen LogP contribution >= 0.6 is 0 Å². The maximum absolute atomic E-state index is 12.3. The van der Waals surface area contributed by atoms with E-state index in [1.54, 1.807) is 13.0 Å². The molecule has 0 aliphatic rings. The van der Waals surface area contributed by atoms with Gasteiger partial charge in [-0.1, -0.05) is 0 Å². The summed E-state index contributed by atoms with van der Waals surface area (Å²) in [5.74, 6) is -1.28. The fourth-order valence-corrected chi connectivity index (χ4v) is 2.23. The molecule has 0 aliphatic carbocycles. The number of likely N-dealkylation sites (N-methyl/N-ethyl adjacent to an activating group) is 1. The number of nitrogens with zero attached hydrogens (tertiary/aromatic N) is 1. The Balaban J connectivity index is 0.000000279. The summed E-state index contributed by atoms with van der Waals surface area (Å²) in [5, 5.41) is 4.70. The van der Waals surface area contributed by atoms with Crippen molar-refractivity contribution in [3.8, 4) is 0 Å². The smallest absolute Gasteiger partial charge is 0.399 e. The highest BCUT2D eigenvalue weighted by Gasteiger charge is 2.34. The van der Waals surface area contributed by atoms with E-state index in [1.807, 2.05) is 0 Å². The van der Waals surface area contributed by atoms with Gasteiger partial charge in [0.2, 0.25) is 18.1 Å². The van der Waals surface area contributed by atoms with E-state index in [0.717, 1.165) is 0 Å². The summed E-state index contributed by atoms with van der Waals surface area (Å²) in [6, 6.07) is 2.42. The lowest BCUT2D eigenvalue weighted by Crippen LogP contribution is -2.42. The Morgan fingerprint density at radius 2 is 2.04 bits per heavy atom. The highest BCUT2D eigenvalue weighted by atomic mass is 19.4. The van der Waals surface area contributed by atoms with Crippen molar-refractivity contribution in [2.75, 3.05) is 12.8 Å². The first-order chi connectivity index (χ1) is 12.6. The van der Waals surface area contributed by atoms with Crippen molar-refractivity contribution in [3.63, 3.8) is 0 Å². The Hall–Kier alpha value is -3.11. The molecule has 2 aromatic rings. The van der Waals surface area contributed by atoms with Crippen LogP contribution in [0.1, 0.15) is 24.2 Å². The third kappa shape index (κ3) is 6.28. The molecule has 11 heteroatoms. The summed E-state index contributed by atoms with van der Waals surface area (Å²) in [7, 11) is 1.47. The number of hydrogen-bond donors (Lipinski definition) is 4. The lowest BCUT2D eigenvalue weighted by Gasteiger charge is -2.11. The number of carbonyl (C=O) groups excluding carboxylic acids is 3. The van der Waals surface area contributed by atoms with Gasteiger partial charge in [0, 0.05) is 19.2 Å². The molecule has 0 spiro atoms. The van der Waals surface area contributed by atoms with Crippen LogP contribution in [0.15, 0.2) is 12.1 Å². The summed E-state index contributed by atoms with van der Waals surface area (Å²) >= 11 is 0. The van der Waals surface area contributed by atoms with Crippen LogP contribution < -0.4 is 16.4 Å². The summed E-state index contributed by atoms with van der Waals surface area (Å²) in [6.45, 7) is 1.67. The predicted octanol–water partition coefficient (Wildman–Crippen LogP) is 1.30. The summed E-state index contributed by atoms with van der Waals surface area (Å²) in [4.78, 5) is 36.6. The van der Waals surface area contributed by atoms with Crippen LogP contribution in [0, 0.1) is 6.92 Å².